The maximum atomic E-state index is 12.5. The number of rotatable bonds is 5. The summed E-state index contributed by atoms with van der Waals surface area (Å²) in [6, 6.07) is 11.1. The second-order valence-corrected chi connectivity index (χ2v) is 6.16. The molecule has 0 aliphatic rings. The molecule has 2 aromatic rings. The quantitative estimate of drug-likeness (QED) is 0.916. The topological polar surface area (TPSA) is 64.6 Å². The fourth-order valence-electron chi connectivity index (χ4n) is 1.81. The standard InChI is InChI=1S/C14H14ClNO4S/c1-19-12-4-3-5-13(20-2)14(12)21(17,18)16-11-8-6-10(15)7-9-11/h3-9,16H,1-2H3. The largest absolute Gasteiger partial charge is 0.495 e. The van der Waals surface area contributed by atoms with Crippen LogP contribution in [0.3, 0.4) is 0 Å². The molecule has 0 aromatic heterocycles. The number of halogens is 1. The number of methoxy groups -OCH3 is 2. The van der Waals surface area contributed by atoms with Gasteiger partial charge in [0.1, 0.15) is 11.5 Å². The summed E-state index contributed by atoms with van der Waals surface area (Å²) in [4.78, 5) is -0.0510. The van der Waals surface area contributed by atoms with E-state index in [1.807, 2.05) is 0 Å². The van der Waals surface area contributed by atoms with Crippen LogP contribution in [0.5, 0.6) is 11.5 Å². The van der Waals surface area contributed by atoms with Crippen molar-refractivity contribution in [1.82, 2.24) is 0 Å². The van der Waals surface area contributed by atoms with Gasteiger partial charge in [0.2, 0.25) is 0 Å². The van der Waals surface area contributed by atoms with Crippen molar-refractivity contribution in [2.75, 3.05) is 18.9 Å². The van der Waals surface area contributed by atoms with Gasteiger partial charge in [0.25, 0.3) is 10.0 Å². The Morgan fingerprint density at radius 2 is 1.48 bits per heavy atom. The molecule has 0 unspecified atom stereocenters. The van der Waals surface area contributed by atoms with Gasteiger partial charge in [-0.25, -0.2) is 8.42 Å². The van der Waals surface area contributed by atoms with Crippen molar-refractivity contribution in [2.45, 2.75) is 4.90 Å². The molecule has 0 radical (unpaired) electrons. The SMILES string of the molecule is COc1cccc(OC)c1S(=O)(=O)Nc1ccc(Cl)cc1. The molecule has 112 valence electrons. The summed E-state index contributed by atoms with van der Waals surface area (Å²) in [6.45, 7) is 0. The van der Waals surface area contributed by atoms with Crippen LogP contribution < -0.4 is 14.2 Å². The number of sulfonamides is 1. The Bertz CT molecular complexity index is 707. The summed E-state index contributed by atoms with van der Waals surface area (Å²) in [5.41, 5.74) is 0.396. The monoisotopic (exact) mass is 327 g/mol. The Kier molecular flexibility index (Phi) is 4.59. The molecule has 2 rings (SSSR count). The summed E-state index contributed by atoms with van der Waals surface area (Å²) < 4.78 is 37.8. The highest BCUT2D eigenvalue weighted by atomic mass is 35.5. The van der Waals surface area contributed by atoms with Crippen molar-refractivity contribution in [3.63, 3.8) is 0 Å². The highest BCUT2D eigenvalue weighted by Crippen LogP contribution is 2.34. The first-order valence-corrected chi connectivity index (χ1v) is 7.83. The highest BCUT2D eigenvalue weighted by molar-refractivity contribution is 7.93. The summed E-state index contributed by atoms with van der Waals surface area (Å²) in [5.74, 6) is 0.409. The average Bonchev–Trinajstić information content (AvgIpc) is 2.48. The Hall–Kier alpha value is -1.92. The normalized spacial score (nSPS) is 11.0. The summed E-state index contributed by atoms with van der Waals surface area (Å²) >= 11 is 5.78. The van der Waals surface area contributed by atoms with Crippen molar-refractivity contribution >= 4 is 27.3 Å². The molecule has 5 nitrogen and oxygen atoms in total. The van der Waals surface area contributed by atoms with E-state index in [-0.39, 0.29) is 16.4 Å². The maximum absolute atomic E-state index is 12.5. The number of nitrogens with one attached hydrogen (secondary N) is 1. The second kappa shape index (κ2) is 6.24. The number of hydrogen-bond acceptors (Lipinski definition) is 4. The molecule has 1 N–H and O–H groups in total. The van der Waals surface area contributed by atoms with Crippen LogP contribution >= 0.6 is 11.6 Å². The predicted molar refractivity (Wildman–Crippen MR) is 81.8 cm³/mol. The first kappa shape index (κ1) is 15.5. The van der Waals surface area contributed by atoms with E-state index in [1.54, 1.807) is 42.5 Å². The third-order valence-corrected chi connectivity index (χ3v) is 4.44. The van der Waals surface area contributed by atoms with Gasteiger partial charge in [-0.3, -0.25) is 4.72 Å². The van der Waals surface area contributed by atoms with Crippen molar-refractivity contribution < 1.29 is 17.9 Å². The van der Waals surface area contributed by atoms with Crippen LogP contribution in [-0.4, -0.2) is 22.6 Å². The molecule has 0 bridgehead atoms. The lowest BCUT2D eigenvalue weighted by molar-refractivity contribution is 0.373. The van der Waals surface area contributed by atoms with Crippen LogP contribution in [0.1, 0.15) is 0 Å². The van der Waals surface area contributed by atoms with Gasteiger partial charge in [-0.2, -0.15) is 0 Å². The van der Waals surface area contributed by atoms with Crippen molar-refractivity contribution in [2.24, 2.45) is 0 Å². The van der Waals surface area contributed by atoms with Crippen molar-refractivity contribution in [1.29, 1.82) is 0 Å². The van der Waals surface area contributed by atoms with Gasteiger partial charge in [0.05, 0.1) is 14.2 Å². The van der Waals surface area contributed by atoms with Crippen LogP contribution in [0.15, 0.2) is 47.4 Å². The zero-order chi connectivity index (χ0) is 15.5. The number of anilines is 1. The zero-order valence-corrected chi connectivity index (χ0v) is 13.0. The fourth-order valence-corrected chi connectivity index (χ4v) is 3.31. The third-order valence-electron chi connectivity index (χ3n) is 2.75. The number of benzene rings is 2. The van der Waals surface area contributed by atoms with E-state index >= 15 is 0 Å². The smallest absolute Gasteiger partial charge is 0.269 e. The van der Waals surface area contributed by atoms with Crippen LogP contribution in [0.4, 0.5) is 5.69 Å². The minimum Gasteiger partial charge on any atom is -0.495 e. The van der Waals surface area contributed by atoms with Gasteiger partial charge < -0.3 is 9.47 Å². The van der Waals surface area contributed by atoms with E-state index < -0.39 is 10.0 Å². The van der Waals surface area contributed by atoms with Crippen LogP contribution in [0.25, 0.3) is 0 Å². The predicted octanol–water partition coefficient (Wildman–Crippen LogP) is 3.16. The molecule has 0 aliphatic carbocycles. The molecule has 7 heteroatoms. The van der Waals surface area contributed by atoms with Gasteiger partial charge >= 0.3 is 0 Å². The molecule has 21 heavy (non-hydrogen) atoms. The van der Waals surface area contributed by atoms with E-state index in [0.717, 1.165) is 0 Å². The lowest BCUT2D eigenvalue weighted by atomic mass is 10.3. The minimum atomic E-state index is -3.85. The van der Waals surface area contributed by atoms with E-state index in [1.165, 1.54) is 14.2 Å². The van der Waals surface area contributed by atoms with Crippen molar-refractivity contribution in [3.8, 4) is 11.5 Å². The number of ether oxygens (including phenoxy) is 2. The lowest BCUT2D eigenvalue weighted by Gasteiger charge is -2.14. The molecule has 0 spiro atoms. The second-order valence-electron chi connectivity index (χ2n) is 4.10. The molecule has 0 amide bonds. The Morgan fingerprint density at radius 3 is 1.95 bits per heavy atom. The molecule has 2 aromatic carbocycles. The molecule has 0 saturated carbocycles. The van der Waals surface area contributed by atoms with E-state index in [0.29, 0.717) is 10.7 Å². The summed E-state index contributed by atoms with van der Waals surface area (Å²) in [6.07, 6.45) is 0. The summed E-state index contributed by atoms with van der Waals surface area (Å²) in [5, 5.41) is 0.521. The Balaban J connectivity index is 2.46. The third kappa shape index (κ3) is 3.40. The Morgan fingerprint density at radius 1 is 0.952 bits per heavy atom. The van der Waals surface area contributed by atoms with Crippen LogP contribution in [-0.2, 0) is 10.0 Å². The lowest BCUT2D eigenvalue weighted by Crippen LogP contribution is -2.15. The van der Waals surface area contributed by atoms with Gasteiger partial charge in [0, 0.05) is 10.7 Å². The van der Waals surface area contributed by atoms with Gasteiger partial charge in [-0.1, -0.05) is 17.7 Å². The minimum absolute atomic E-state index is 0.0510. The van der Waals surface area contributed by atoms with Crippen LogP contribution in [0.2, 0.25) is 5.02 Å². The van der Waals surface area contributed by atoms with Gasteiger partial charge in [-0.15, -0.1) is 0 Å². The van der Waals surface area contributed by atoms with Gasteiger partial charge in [0.15, 0.2) is 4.90 Å². The molecule has 0 heterocycles. The number of hydrogen-bond donors (Lipinski definition) is 1. The Labute approximate surface area is 128 Å². The van der Waals surface area contributed by atoms with Gasteiger partial charge in [-0.05, 0) is 36.4 Å². The first-order valence-electron chi connectivity index (χ1n) is 5.97. The zero-order valence-electron chi connectivity index (χ0n) is 11.5. The molecular weight excluding hydrogens is 314 g/mol. The van der Waals surface area contributed by atoms with Crippen LogP contribution in [0, 0.1) is 0 Å². The molecular formula is C14H14ClNO4S. The first-order chi connectivity index (χ1) is 9.97. The molecule has 0 fully saturated rings. The van der Waals surface area contributed by atoms with E-state index in [2.05, 4.69) is 4.72 Å². The molecule has 0 aliphatic heterocycles. The average molecular weight is 328 g/mol. The molecule has 0 saturated heterocycles. The molecule has 0 atom stereocenters. The fraction of sp³-hybridized carbons (Fsp3) is 0.143. The van der Waals surface area contributed by atoms with E-state index in [4.69, 9.17) is 21.1 Å². The van der Waals surface area contributed by atoms with Crippen molar-refractivity contribution in [3.05, 3.63) is 47.5 Å². The maximum Gasteiger partial charge on any atom is 0.269 e. The van der Waals surface area contributed by atoms with E-state index in [9.17, 15) is 8.42 Å². The highest BCUT2D eigenvalue weighted by Gasteiger charge is 2.24. The summed E-state index contributed by atoms with van der Waals surface area (Å²) in [7, 11) is -1.06.